The highest BCUT2D eigenvalue weighted by molar-refractivity contribution is 6.31. The molecule has 6 nitrogen and oxygen atoms in total. The molecule has 1 amide bonds. The SMILES string of the molecule is O=C(c1ccc2nccnc2c1)N1CCC(COc2ccncc2Cl)CC1. The van der Waals surface area contributed by atoms with E-state index in [1.54, 1.807) is 30.9 Å². The van der Waals surface area contributed by atoms with E-state index >= 15 is 0 Å². The van der Waals surface area contributed by atoms with Crippen molar-refractivity contribution in [2.24, 2.45) is 5.92 Å². The van der Waals surface area contributed by atoms with E-state index in [0.29, 0.717) is 28.9 Å². The van der Waals surface area contributed by atoms with E-state index in [-0.39, 0.29) is 5.91 Å². The summed E-state index contributed by atoms with van der Waals surface area (Å²) in [5.74, 6) is 1.10. The summed E-state index contributed by atoms with van der Waals surface area (Å²) < 4.78 is 5.81. The highest BCUT2D eigenvalue weighted by Gasteiger charge is 2.24. The van der Waals surface area contributed by atoms with Crippen LogP contribution in [0.15, 0.2) is 49.1 Å². The first-order chi connectivity index (χ1) is 13.2. The van der Waals surface area contributed by atoms with Crippen LogP contribution in [-0.4, -0.2) is 45.5 Å². The molecule has 1 fully saturated rings. The molecule has 1 aliphatic heterocycles. The van der Waals surface area contributed by atoms with Crippen LogP contribution in [-0.2, 0) is 0 Å². The van der Waals surface area contributed by atoms with Gasteiger partial charge in [0.25, 0.3) is 5.91 Å². The second-order valence-corrected chi connectivity index (χ2v) is 7.02. The van der Waals surface area contributed by atoms with Crippen LogP contribution in [0.5, 0.6) is 5.75 Å². The van der Waals surface area contributed by atoms with Crippen molar-refractivity contribution in [3.8, 4) is 5.75 Å². The fourth-order valence-corrected chi connectivity index (χ4v) is 3.44. The molecule has 27 heavy (non-hydrogen) atoms. The van der Waals surface area contributed by atoms with Crippen molar-refractivity contribution in [1.82, 2.24) is 19.9 Å². The molecule has 2 aromatic heterocycles. The Bertz CT molecular complexity index is 957. The molecule has 138 valence electrons. The minimum Gasteiger partial charge on any atom is -0.492 e. The Morgan fingerprint density at radius 3 is 2.67 bits per heavy atom. The lowest BCUT2D eigenvalue weighted by Crippen LogP contribution is -2.39. The van der Waals surface area contributed by atoms with Crippen molar-refractivity contribution in [3.63, 3.8) is 0 Å². The highest BCUT2D eigenvalue weighted by Crippen LogP contribution is 2.25. The number of amides is 1. The first-order valence-corrected chi connectivity index (χ1v) is 9.31. The third-order valence-electron chi connectivity index (χ3n) is 4.83. The van der Waals surface area contributed by atoms with Crippen molar-refractivity contribution < 1.29 is 9.53 Å². The number of halogens is 1. The summed E-state index contributed by atoms with van der Waals surface area (Å²) in [5.41, 5.74) is 2.18. The fraction of sp³-hybridized carbons (Fsp3) is 0.300. The zero-order valence-corrected chi connectivity index (χ0v) is 15.5. The Morgan fingerprint density at radius 2 is 1.89 bits per heavy atom. The van der Waals surface area contributed by atoms with Gasteiger partial charge in [0, 0.05) is 49.5 Å². The standard InChI is InChI=1S/C20H19ClN4O2/c21-16-12-22-6-3-19(16)27-13-14-4-9-25(10-5-14)20(26)15-1-2-17-18(11-15)24-8-7-23-17/h1-3,6-8,11-12,14H,4-5,9-10,13H2. The molecule has 3 heterocycles. The number of hydrogen-bond acceptors (Lipinski definition) is 5. The van der Waals surface area contributed by atoms with Gasteiger partial charge in [0.1, 0.15) is 10.8 Å². The lowest BCUT2D eigenvalue weighted by molar-refractivity contribution is 0.0661. The van der Waals surface area contributed by atoms with Crippen LogP contribution >= 0.6 is 11.6 Å². The van der Waals surface area contributed by atoms with Crippen LogP contribution in [0.25, 0.3) is 11.0 Å². The average molecular weight is 383 g/mol. The molecule has 7 heteroatoms. The lowest BCUT2D eigenvalue weighted by Gasteiger charge is -2.32. The molecule has 0 N–H and O–H groups in total. The minimum atomic E-state index is 0.0408. The van der Waals surface area contributed by atoms with Crippen LogP contribution in [0.1, 0.15) is 23.2 Å². The minimum absolute atomic E-state index is 0.0408. The molecule has 0 unspecified atom stereocenters. The number of rotatable bonds is 4. The van der Waals surface area contributed by atoms with E-state index in [2.05, 4.69) is 15.0 Å². The lowest BCUT2D eigenvalue weighted by atomic mass is 9.97. The Labute approximate surface area is 162 Å². The average Bonchev–Trinajstić information content (AvgIpc) is 2.73. The van der Waals surface area contributed by atoms with Crippen molar-refractivity contribution in [2.45, 2.75) is 12.8 Å². The van der Waals surface area contributed by atoms with Gasteiger partial charge in [0.15, 0.2) is 0 Å². The van der Waals surface area contributed by atoms with Gasteiger partial charge >= 0.3 is 0 Å². The Morgan fingerprint density at radius 1 is 1.11 bits per heavy atom. The number of piperidine rings is 1. The number of carbonyl (C=O) groups is 1. The van der Waals surface area contributed by atoms with Crippen molar-refractivity contribution in [3.05, 3.63) is 59.6 Å². The summed E-state index contributed by atoms with van der Waals surface area (Å²) in [7, 11) is 0. The quantitative estimate of drug-likeness (QED) is 0.689. The van der Waals surface area contributed by atoms with Crippen LogP contribution in [0.2, 0.25) is 5.02 Å². The zero-order chi connectivity index (χ0) is 18.6. The van der Waals surface area contributed by atoms with Gasteiger partial charge in [-0.05, 0) is 37.0 Å². The number of fused-ring (bicyclic) bond motifs is 1. The maximum absolute atomic E-state index is 12.8. The Balaban J connectivity index is 1.34. The predicted octanol–water partition coefficient (Wildman–Crippen LogP) is 3.61. The molecule has 0 atom stereocenters. The summed E-state index contributed by atoms with van der Waals surface area (Å²) in [5, 5.41) is 0.518. The summed E-state index contributed by atoms with van der Waals surface area (Å²) in [6.07, 6.45) is 8.33. The monoisotopic (exact) mass is 382 g/mol. The maximum atomic E-state index is 12.8. The van der Waals surface area contributed by atoms with E-state index in [9.17, 15) is 4.79 Å². The first-order valence-electron chi connectivity index (χ1n) is 8.93. The van der Waals surface area contributed by atoms with E-state index in [4.69, 9.17) is 16.3 Å². The normalized spacial score (nSPS) is 15.1. The van der Waals surface area contributed by atoms with Crippen molar-refractivity contribution >= 4 is 28.5 Å². The van der Waals surface area contributed by atoms with Gasteiger partial charge in [-0.1, -0.05) is 11.6 Å². The molecule has 0 saturated carbocycles. The maximum Gasteiger partial charge on any atom is 0.253 e. The molecule has 0 radical (unpaired) electrons. The number of nitrogens with zero attached hydrogens (tertiary/aromatic N) is 4. The van der Waals surface area contributed by atoms with Crippen LogP contribution < -0.4 is 4.74 Å². The number of ether oxygens (including phenoxy) is 1. The molecule has 1 saturated heterocycles. The summed E-state index contributed by atoms with van der Waals surface area (Å²) in [4.78, 5) is 27.2. The number of likely N-dealkylation sites (tertiary alicyclic amines) is 1. The van der Waals surface area contributed by atoms with Crippen LogP contribution in [0.3, 0.4) is 0 Å². The van der Waals surface area contributed by atoms with Crippen LogP contribution in [0.4, 0.5) is 0 Å². The van der Waals surface area contributed by atoms with Gasteiger partial charge in [0.2, 0.25) is 0 Å². The molecule has 4 rings (SSSR count). The molecule has 1 aromatic carbocycles. The topological polar surface area (TPSA) is 68.2 Å². The fourth-order valence-electron chi connectivity index (χ4n) is 3.27. The van der Waals surface area contributed by atoms with Crippen molar-refractivity contribution in [2.75, 3.05) is 19.7 Å². The molecule has 0 aliphatic carbocycles. The number of carbonyl (C=O) groups excluding carboxylic acids is 1. The van der Waals surface area contributed by atoms with E-state index in [0.717, 1.165) is 37.0 Å². The summed E-state index contributed by atoms with van der Waals surface area (Å²) in [6.45, 7) is 2.03. The van der Waals surface area contributed by atoms with E-state index < -0.39 is 0 Å². The second kappa shape index (κ2) is 7.88. The first kappa shape index (κ1) is 17.7. The Hall–Kier alpha value is -2.73. The smallest absolute Gasteiger partial charge is 0.253 e. The molecule has 0 spiro atoms. The Kier molecular flexibility index (Phi) is 5.16. The van der Waals surface area contributed by atoms with E-state index in [1.807, 2.05) is 23.1 Å². The van der Waals surface area contributed by atoms with Gasteiger partial charge in [-0.25, -0.2) is 0 Å². The van der Waals surface area contributed by atoms with Gasteiger partial charge in [-0.3, -0.25) is 19.7 Å². The number of pyridine rings is 1. The van der Waals surface area contributed by atoms with E-state index in [1.165, 1.54) is 0 Å². The molecular weight excluding hydrogens is 364 g/mol. The molecule has 3 aromatic rings. The zero-order valence-electron chi connectivity index (χ0n) is 14.7. The molecule has 0 bridgehead atoms. The summed E-state index contributed by atoms with van der Waals surface area (Å²) in [6, 6.07) is 7.24. The third-order valence-corrected chi connectivity index (χ3v) is 5.11. The van der Waals surface area contributed by atoms with Gasteiger partial charge in [-0.15, -0.1) is 0 Å². The van der Waals surface area contributed by atoms with Crippen molar-refractivity contribution in [1.29, 1.82) is 0 Å². The van der Waals surface area contributed by atoms with Gasteiger partial charge in [0.05, 0.1) is 17.6 Å². The summed E-state index contributed by atoms with van der Waals surface area (Å²) >= 11 is 6.07. The predicted molar refractivity (Wildman–Crippen MR) is 103 cm³/mol. The largest absolute Gasteiger partial charge is 0.492 e. The molecule has 1 aliphatic rings. The van der Waals surface area contributed by atoms with Gasteiger partial charge < -0.3 is 9.64 Å². The number of aromatic nitrogens is 3. The number of hydrogen-bond donors (Lipinski definition) is 0. The second-order valence-electron chi connectivity index (χ2n) is 6.61. The molecular formula is C20H19ClN4O2. The van der Waals surface area contributed by atoms with Gasteiger partial charge in [-0.2, -0.15) is 0 Å². The van der Waals surface area contributed by atoms with Crippen LogP contribution in [0, 0.1) is 5.92 Å². The third kappa shape index (κ3) is 4.01. The highest BCUT2D eigenvalue weighted by atomic mass is 35.5. The number of benzene rings is 1.